The molecule has 1 amide bonds. The fraction of sp³-hybridized carbons (Fsp3) is 0.192. The highest BCUT2D eigenvalue weighted by molar-refractivity contribution is 6.07. The van der Waals surface area contributed by atoms with Gasteiger partial charge < -0.3 is 14.5 Å². The Hall–Kier alpha value is -4.00. The molecule has 0 unspecified atom stereocenters. The van der Waals surface area contributed by atoms with E-state index >= 15 is 0 Å². The van der Waals surface area contributed by atoms with Gasteiger partial charge in [-0.05, 0) is 73.0 Å². The Kier molecular flexibility index (Phi) is 4.50. The standard InChI is InChI=1S/C26H22FN5O/c1-31-23-7-5-20(14-21(23)30-25(31)17-2-3-17)29-26(33)24-13-18-12-19(27)4-6-22(18)32(24)15-16-8-10-28-11-9-16/h4-14,17H,2-3,15H2,1H3,(H,29,33). The first kappa shape index (κ1) is 19.7. The number of carbonyl (C=O) groups is 1. The number of fused-ring (bicyclic) bond motifs is 2. The van der Waals surface area contributed by atoms with Gasteiger partial charge in [-0.1, -0.05) is 0 Å². The van der Waals surface area contributed by atoms with Crippen LogP contribution in [0, 0.1) is 5.82 Å². The van der Waals surface area contributed by atoms with E-state index < -0.39 is 0 Å². The molecular weight excluding hydrogens is 417 g/mol. The lowest BCUT2D eigenvalue weighted by Crippen LogP contribution is -2.17. The average molecular weight is 439 g/mol. The number of hydrogen-bond acceptors (Lipinski definition) is 3. The van der Waals surface area contributed by atoms with E-state index in [1.54, 1.807) is 24.5 Å². The molecule has 1 aliphatic rings. The Morgan fingerprint density at radius 1 is 1.06 bits per heavy atom. The highest BCUT2D eigenvalue weighted by atomic mass is 19.1. The number of imidazole rings is 1. The second-order valence-corrected chi connectivity index (χ2v) is 8.64. The van der Waals surface area contributed by atoms with Crippen molar-refractivity contribution in [3.63, 3.8) is 0 Å². The van der Waals surface area contributed by atoms with E-state index in [-0.39, 0.29) is 11.7 Å². The van der Waals surface area contributed by atoms with Crippen LogP contribution in [0.2, 0.25) is 0 Å². The summed E-state index contributed by atoms with van der Waals surface area (Å²) < 4.78 is 17.9. The number of aryl methyl sites for hydroxylation is 1. The van der Waals surface area contributed by atoms with Gasteiger partial charge in [0, 0.05) is 48.5 Å². The summed E-state index contributed by atoms with van der Waals surface area (Å²) in [7, 11) is 2.04. The van der Waals surface area contributed by atoms with Gasteiger partial charge in [-0.2, -0.15) is 0 Å². The number of aromatic nitrogens is 4. The van der Waals surface area contributed by atoms with Gasteiger partial charge in [-0.15, -0.1) is 0 Å². The maximum absolute atomic E-state index is 13.9. The maximum Gasteiger partial charge on any atom is 0.272 e. The summed E-state index contributed by atoms with van der Waals surface area (Å²) in [4.78, 5) is 22.2. The molecule has 1 N–H and O–H groups in total. The minimum absolute atomic E-state index is 0.252. The number of hydrogen-bond donors (Lipinski definition) is 1. The van der Waals surface area contributed by atoms with Gasteiger partial charge in [-0.3, -0.25) is 9.78 Å². The topological polar surface area (TPSA) is 64.7 Å². The van der Waals surface area contributed by atoms with Crippen LogP contribution in [0.5, 0.6) is 0 Å². The number of carbonyl (C=O) groups excluding carboxylic acids is 1. The normalized spacial score (nSPS) is 13.6. The van der Waals surface area contributed by atoms with E-state index in [1.807, 2.05) is 41.9 Å². The molecule has 0 bridgehead atoms. The van der Waals surface area contributed by atoms with E-state index in [1.165, 1.54) is 25.0 Å². The lowest BCUT2D eigenvalue weighted by atomic mass is 10.2. The summed E-state index contributed by atoms with van der Waals surface area (Å²) in [6.45, 7) is 0.477. The van der Waals surface area contributed by atoms with Gasteiger partial charge in [0.1, 0.15) is 17.3 Å². The van der Waals surface area contributed by atoms with Crippen molar-refractivity contribution in [2.45, 2.75) is 25.3 Å². The van der Waals surface area contributed by atoms with Crippen LogP contribution in [0.4, 0.5) is 10.1 Å². The smallest absolute Gasteiger partial charge is 0.272 e. The third-order valence-electron chi connectivity index (χ3n) is 6.30. The van der Waals surface area contributed by atoms with Gasteiger partial charge in [0.05, 0.1) is 11.0 Å². The summed E-state index contributed by atoms with van der Waals surface area (Å²) in [5.74, 6) is 1.07. The van der Waals surface area contributed by atoms with Crippen LogP contribution in [0.25, 0.3) is 21.9 Å². The van der Waals surface area contributed by atoms with Crippen LogP contribution in [-0.4, -0.2) is 25.0 Å². The van der Waals surface area contributed by atoms with Gasteiger partial charge in [0.25, 0.3) is 5.91 Å². The van der Waals surface area contributed by atoms with Crippen molar-refractivity contribution < 1.29 is 9.18 Å². The first-order valence-electron chi connectivity index (χ1n) is 11.0. The zero-order chi connectivity index (χ0) is 22.5. The van der Waals surface area contributed by atoms with Crippen LogP contribution < -0.4 is 5.32 Å². The highest BCUT2D eigenvalue weighted by Gasteiger charge is 2.28. The van der Waals surface area contributed by atoms with Crippen LogP contribution in [-0.2, 0) is 13.6 Å². The second-order valence-electron chi connectivity index (χ2n) is 8.64. The molecule has 0 radical (unpaired) electrons. The Balaban J connectivity index is 1.36. The molecule has 0 aliphatic heterocycles. The van der Waals surface area contributed by atoms with E-state index in [2.05, 4.69) is 14.9 Å². The average Bonchev–Trinajstić information content (AvgIpc) is 3.53. The summed E-state index contributed by atoms with van der Waals surface area (Å²) >= 11 is 0. The maximum atomic E-state index is 13.9. The van der Waals surface area contributed by atoms with Crippen molar-refractivity contribution in [2.24, 2.45) is 7.05 Å². The molecule has 3 aromatic heterocycles. The first-order valence-corrected chi connectivity index (χ1v) is 11.0. The molecule has 6 rings (SSSR count). The Morgan fingerprint density at radius 2 is 1.85 bits per heavy atom. The lowest BCUT2D eigenvalue weighted by molar-refractivity contribution is 0.101. The summed E-state index contributed by atoms with van der Waals surface area (Å²) in [5.41, 5.74) is 4.87. The number of anilines is 1. The molecule has 5 aromatic rings. The van der Waals surface area contributed by atoms with Gasteiger partial charge >= 0.3 is 0 Å². The lowest BCUT2D eigenvalue weighted by Gasteiger charge is -2.11. The fourth-order valence-electron chi connectivity index (χ4n) is 4.47. The monoisotopic (exact) mass is 439 g/mol. The quantitative estimate of drug-likeness (QED) is 0.407. The zero-order valence-corrected chi connectivity index (χ0v) is 18.1. The Morgan fingerprint density at radius 3 is 2.64 bits per heavy atom. The molecule has 164 valence electrons. The van der Waals surface area contributed by atoms with Crippen molar-refractivity contribution in [3.8, 4) is 0 Å². The van der Waals surface area contributed by atoms with Crippen molar-refractivity contribution in [3.05, 3.63) is 89.9 Å². The third kappa shape index (κ3) is 3.55. The molecule has 33 heavy (non-hydrogen) atoms. The van der Waals surface area contributed by atoms with Crippen molar-refractivity contribution in [2.75, 3.05) is 5.32 Å². The molecule has 0 saturated heterocycles. The number of rotatable bonds is 5. The molecule has 6 nitrogen and oxygen atoms in total. The molecule has 0 atom stereocenters. The summed E-state index contributed by atoms with van der Waals surface area (Å²) in [6.07, 6.45) is 5.81. The predicted molar refractivity (Wildman–Crippen MR) is 126 cm³/mol. The molecule has 1 saturated carbocycles. The van der Waals surface area contributed by atoms with Gasteiger partial charge in [0.15, 0.2) is 0 Å². The van der Waals surface area contributed by atoms with E-state index in [4.69, 9.17) is 4.98 Å². The number of halogens is 1. The zero-order valence-electron chi connectivity index (χ0n) is 18.1. The molecule has 1 fully saturated rings. The predicted octanol–water partition coefficient (Wildman–Crippen LogP) is 5.24. The molecule has 1 aliphatic carbocycles. The summed E-state index contributed by atoms with van der Waals surface area (Å²) in [6, 6.07) is 15.9. The molecule has 0 spiro atoms. The van der Waals surface area contributed by atoms with Gasteiger partial charge in [-0.25, -0.2) is 9.37 Å². The first-order chi connectivity index (χ1) is 16.1. The Labute approximate surface area is 189 Å². The SMILES string of the molecule is Cn1c(C2CC2)nc2cc(NC(=O)c3cc4cc(F)ccc4n3Cc3ccncc3)ccc21. The molecule has 2 aromatic carbocycles. The fourth-order valence-corrected chi connectivity index (χ4v) is 4.47. The van der Waals surface area contributed by atoms with Crippen molar-refractivity contribution in [1.29, 1.82) is 0 Å². The number of nitrogens with zero attached hydrogens (tertiary/aromatic N) is 4. The molecular formula is C26H22FN5O. The van der Waals surface area contributed by atoms with Gasteiger partial charge in [0.2, 0.25) is 0 Å². The van der Waals surface area contributed by atoms with E-state index in [0.717, 1.165) is 27.9 Å². The van der Waals surface area contributed by atoms with Crippen LogP contribution >= 0.6 is 0 Å². The number of pyridine rings is 1. The second kappa shape index (κ2) is 7.55. The number of benzene rings is 2. The van der Waals surface area contributed by atoms with Crippen molar-refractivity contribution in [1.82, 2.24) is 19.1 Å². The van der Waals surface area contributed by atoms with E-state index in [9.17, 15) is 9.18 Å². The summed E-state index contributed by atoms with van der Waals surface area (Å²) in [5, 5.41) is 3.69. The largest absolute Gasteiger partial charge is 0.332 e. The van der Waals surface area contributed by atoms with E-state index in [0.29, 0.717) is 29.2 Å². The number of nitrogens with one attached hydrogen (secondary N) is 1. The highest BCUT2D eigenvalue weighted by Crippen LogP contribution is 2.40. The third-order valence-corrected chi connectivity index (χ3v) is 6.30. The minimum Gasteiger partial charge on any atom is -0.332 e. The van der Waals surface area contributed by atoms with Crippen molar-refractivity contribution >= 4 is 33.5 Å². The van der Waals surface area contributed by atoms with Crippen LogP contribution in [0.1, 0.15) is 40.6 Å². The van der Waals surface area contributed by atoms with Crippen LogP contribution in [0.3, 0.4) is 0 Å². The van der Waals surface area contributed by atoms with Crippen LogP contribution in [0.15, 0.2) is 67.0 Å². The molecule has 3 heterocycles. The minimum atomic E-state index is -0.331. The number of amides is 1. The molecule has 7 heteroatoms. The Bertz CT molecular complexity index is 1510.